The lowest BCUT2D eigenvalue weighted by molar-refractivity contribution is 0.000107. The van der Waals surface area contributed by atoms with Crippen LogP contribution in [0.5, 0.6) is 5.75 Å². The van der Waals surface area contributed by atoms with Crippen LogP contribution in [0.4, 0.5) is 5.82 Å². The third-order valence-corrected chi connectivity index (χ3v) is 7.95. The van der Waals surface area contributed by atoms with E-state index < -0.39 is 5.54 Å². The number of hydrogen-bond acceptors (Lipinski definition) is 10. The monoisotopic (exact) mass is 587 g/mol. The molecule has 13 heteroatoms. The highest BCUT2D eigenvalue weighted by Crippen LogP contribution is 2.31. The number of nitrogens with zero attached hydrogens (tertiary/aromatic N) is 7. The third-order valence-electron chi connectivity index (χ3n) is 7.64. The Morgan fingerprint density at radius 2 is 2.14 bits per heavy atom. The molecule has 4 aromatic heterocycles. The van der Waals surface area contributed by atoms with Crippen molar-refractivity contribution in [3.05, 3.63) is 65.5 Å². The highest BCUT2D eigenvalue weighted by Gasteiger charge is 2.33. The molecule has 6 rings (SSSR count). The van der Waals surface area contributed by atoms with E-state index in [-0.39, 0.29) is 17.7 Å². The molecular weight excluding hydrogens is 558 g/mol. The van der Waals surface area contributed by atoms with Crippen molar-refractivity contribution >= 4 is 28.8 Å². The maximum absolute atomic E-state index is 12.8. The lowest BCUT2D eigenvalue weighted by Crippen LogP contribution is -2.53. The molecular formula is C29H30ClN9O3. The van der Waals surface area contributed by atoms with Gasteiger partial charge in [0.2, 0.25) is 0 Å². The number of rotatable bonds is 7. The molecule has 42 heavy (non-hydrogen) atoms. The van der Waals surface area contributed by atoms with E-state index in [2.05, 4.69) is 31.7 Å². The Kier molecular flexibility index (Phi) is 7.88. The van der Waals surface area contributed by atoms with Crippen molar-refractivity contribution in [2.75, 3.05) is 44.3 Å². The van der Waals surface area contributed by atoms with Gasteiger partial charge in [0.1, 0.15) is 36.0 Å². The van der Waals surface area contributed by atoms with Crippen LogP contribution in [-0.2, 0) is 4.74 Å². The van der Waals surface area contributed by atoms with Crippen LogP contribution >= 0.6 is 11.6 Å². The fourth-order valence-corrected chi connectivity index (χ4v) is 5.44. The zero-order valence-corrected chi connectivity index (χ0v) is 23.8. The standard InChI is InChI=1S/C29H30ClN9O3/c1-29(37-28(40)26-23(30)3-2-6-33-26)4-8-38(9-5-29)25-16-34-24(15-35-25)22-11-20(42-18-21-14-32-7-10-41-21)17-39-27(22)19(12-31)13-36-39/h2-3,6,11,13,15-17,21,32H,4-5,7-10,14,18H2,1H3,(H,37,40). The highest BCUT2D eigenvalue weighted by atomic mass is 35.5. The van der Waals surface area contributed by atoms with Crippen LogP contribution in [-0.4, -0.2) is 81.5 Å². The van der Waals surface area contributed by atoms with Gasteiger partial charge in [0.15, 0.2) is 0 Å². The van der Waals surface area contributed by atoms with E-state index in [1.54, 1.807) is 41.4 Å². The quantitative estimate of drug-likeness (QED) is 0.331. The first kappa shape index (κ1) is 27.8. The summed E-state index contributed by atoms with van der Waals surface area (Å²) in [5, 5.41) is 20.8. The van der Waals surface area contributed by atoms with Gasteiger partial charge in [0.25, 0.3) is 5.91 Å². The number of anilines is 1. The number of carbonyl (C=O) groups is 1. The number of carbonyl (C=O) groups excluding carboxylic acids is 1. The normalized spacial score (nSPS) is 18.4. The van der Waals surface area contributed by atoms with Crippen molar-refractivity contribution in [1.29, 1.82) is 5.26 Å². The Morgan fingerprint density at radius 3 is 2.86 bits per heavy atom. The maximum Gasteiger partial charge on any atom is 0.271 e. The summed E-state index contributed by atoms with van der Waals surface area (Å²) in [7, 11) is 0. The number of halogens is 1. The summed E-state index contributed by atoms with van der Waals surface area (Å²) in [6, 6.07) is 7.43. The summed E-state index contributed by atoms with van der Waals surface area (Å²) in [5.74, 6) is 1.05. The van der Waals surface area contributed by atoms with Crippen LogP contribution in [0.3, 0.4) is 0 Å². The van der Waals surface area contributed by atoms with Gasteiger partial charge in [0.05, 0.1) is 53.2 Å². The Balaban J connectivity index is 1.16. The number of fused-ring (bicyclic) bond motifs is 1. The molecule has 2 aliphatic heterocycles. The summed E-state index contributed by atoms with van der Waals surface area (Å²) in [4.78, 5) is 28.5. The van der Waals surface area contributed by atoms with Crippen molar-refractivity contribution in [2.45, 2.75) is 31.4 Å². The Labute approximate surface area is 247 Å². The van der Waals surface area contributed by atoms with Gasteiger partial charge in [-0.05, 0) is 38.0 Å². The summed E-state index contributed by atoms with van der Waals surface area (Å²) in [6.07, 6.45) is 9.67. The zero-order chi connectivity index (χ0) is 29.1. The van der Waals surface area contributed by atoms with Crippen LogP contribution in [0.15, 0.2) is 49.2 Å². The van der Waals surface area contributed by atoms with Gasteiger partial charge in [-0.25, -0.2) is 14.5 Å². The molecule has 2 saturated heterocycles. The number of ether oxygens (including phenoxy) is 2. The second-order valence-corrected chi connectivity index (χ2v) is 11.1. The molecule has 6 heterocycles. The number of pyridine rings is 2. The predicted molar refractivity (Wildman–Crippen MR) is 156 cm³/mol. The average molecular weight is 588 g/mol. The molecule has 1 unspecified atom stereocenters. The second kappa shape index (κ2) is 11.9. The van der Waals surface area contributed by atoms with Gasteiger partial charge in [-0.15, -0.1) is 0 Å². The summed E-state index contributed by atoms with van der Waals surface area (Å²) < 4.78 is 13.4. The van der Waals surface area contributed by atoms with E-state index in [0.29, 0.717) is 72.3 Å². The topological polar surface area (TPSA) is 143 Å². The number of nitrogens with one attached hydrogen (secondary N) is 2. The minimum atomic E-state index is -0.401. The van der Waals surface area contributed by atoms with Gasteiger partial charge < -0.3 is 25.0 Å². The predicted octanol–water partition coefficient (Wildman–Crippen LogP) is 2.87. The van der Waals surface area contributed by atoms with E-state index in [4.69, 9.17) is 31.0 Å². The molecule has 0 saturated carbocycles. The van der Waals surface area contributed by atoms with E-state index in [1.165, 1.54) is 6.20 Å². The lowest BCUT2D eigenvalue weighted by atomic mass is 9.89. The number of aromatic nitrogens is 5. The molecule has 12 nitrogen and oxygen atoms in total. The molecule has 4 aromatic rings. The molecule has 2 N–H and O–H groups in total. The van der Waals surface area contributed by atoms with Gasteiger partial charge in [-0.2, -0.15) is 10.4 Å². The summed E-state index contributed by atoms with van der Waals surface area (Å²) >= 11 is 6.16. The van der Waals surface area contributed by atoms with Crippen LogP contribution in [0, 0.1) is 11.3 Å². The maximum atomic E-state index is 12.8. The zero-order valence-electron chi connectivity index (χ0n) is 23.1. The Hall–Kier alpha value is -4.31. The van der Waals surface area contributed by atoms with Gasteiger partial charge >= 0.3 is 0 Å². The molecule has 0 radical (unpaired) electrons. The average Bonchev–Trinajstić information content (AvgIpc) is 3.44. The minimum absolute atomic E-state index is 0.0446. The fraction of sp³-hybridized carbons (Fsp3) is 0.379. The Bertz CT molecular complexity index is 1620. The van der Waals surface area contributed by atoms with Crippen molar-refractivity contribution in [1.82, 2.24) is 35.2 Å². The smallest absolute Gasteiger partial charge is 0.271 e. The van der Waals surface area contributed by atoms with Gasteiger partial charge in [-0.3, -0.25) is 9.78 Å². The summed E-state index contributed by atoms with van der Waals surface area (Å²) in [5.41, 5.74) is 2.20. The molecule has 216 valence electrons. The molecule has 0 spiro atoms. The summed E-state index contributed by atoms with van der Waals surface area (Å²) in [6.45, 7) is 6.00. The Morgan fingerprint density at radius 1 is 1.29 bits per heavy atom. The van der Waals surface area contributed by atoms with E-state index >= 15 is 0 Å². The lowest BCUT2D eigenvalue weighted by Gasteiger charge is -2.40. The third kappa shape index (κ3) is 5.85. The molecule has 0 bridgehead atoms. The van der Waals surface area contributed by atoms with Gasteiger partial charge in [-0.1, -0.05) is 11.6 Å². The SMILES string of the molecule is CC1(NC(=O)c2ncccc2Cl)CCN(c2cnc(-c3cc(OCC4CNCCO4)cn4ncc(C#N)c34)cn2)CC1. The largest absolute Gasteiger partial charge is 0.489 e. The minimum Gasteiger partial charge on any atom is -0.489 e. The van der Waals surface area contributed by atoms with Crippen LogP contribution in [0.1, 0.15) is 35.8 Å². The number of nitriles is 1. The highest BCUT2D eigenvalue weighted by molar-refractivity contribution is 6.33. The molecule has 2 fully saturated rings. The van der Waals surface area contributed by atoms with Crippen LogP contribution < -0.4 is 20.3 Å². The molecule has 2 aliphatic rings. The molecule has 1 atom stereocenters. The first-order valence-electron chi connectivity index (χ1n) is 13.8. The van der Waals surface area contributed by atoms with Crippen molar-refractivity contribution in [2.24, 2.45) is 0 Å². The molecule has 1 amide bonds. The van der Waals surface area contributed by atoms with E-state index in [9.17, 15) is 10.1 Å². The number of amides is 1. The number of hydrogen-bond donors (Lipinski definition) is 2. The fourth-order valence-electron chi connectivity index (χ4n) is 5.23. The van der Waals surface area contributed by atoms with Gasteiger partial charge in [0, 0.05) is 43.5 Å². The van der Waals surface area contributed by atoms with E-state index in [1.807, 2.05) is 13.0 Å². The molecule has 0 aliphatic carbocycles. The van der Waals surface area contributed by atoms with Crippen molar-refractivity contribution in [3.8, 4) is 23.1 Å². The first-order chi connectivity index (χ1) is 20.4. The van der Waals surface area contributed by atoms with Crippen molar-refractivity contribution in [3.63, 3.8) is 0 Å². The van der Waals surface area contributed by atoms with Crippen molar-refractivity contribution < 1.29 is 14.3 Å². The van der Waals surface area contributed by atoms with Crippen LogP contribution in [0.25, 0.3) is 16.8 Å². The van der Waals surface area contributed by atoms with E-state index in [0.717, 1.165) is 18.9 Å². The second-order valence-electron chi connectivity index (χ2n) is 10.7. The first-order valence-corrected chi connectivity index (χ1v) is 14.2. The molecule has 0 aromatic carbocycles. The number of piperidine rings is 1. The number of morpholine rings is 1. The van der Waals surface area contributed by atoms with Crippen LogP contribution in [0.2, 0.25) is 5.02 Å².